The molecule has 1 aromatic carbocycles. The topological polar surface area (TPSA) is 29.1 Å². The summed E-state index contributed by atoms with van der Waals surface area (Å²) < 4.78 is 75.8. The van der Waals surface area contributed by atoms with E-state index < -0.39 is 50.5 Å². The van der Waals surface area contributed by atoms with Gasteiger partial charge in [-0.15, -0.1) is 0 Å². The van der Waals surface area contributed by atoms with E-state index in [-0.39, 0.29) is 0 Å². The maximum atomic E-state index is 12.9. The van der Waals surface area contributed by atoms with Crippen LogP contribution in [0.25, 0.3) is 0 Å². The van der Waals surface area contributed by atoms with Crippen LogP contribution in [0.3, 0.4) is 0 Å². The number of rotatable bonds is 2. The van der Waals surface area contributed by atoms with Crippen LogP contribution < -0.4 is 5.32 Å². The predicted octanol–water partition coefficient (Wildman–Crippen LogP) is 4.93. The molecule has 2 nitrogen and oxygen atoms in total. The van der Waals surface area contributed by atoms with E-state index in [0.717, 1.165) is 19.1 Å². The first-order valence-corrected chi connectivity index (χ1v) is 6.04. The molecule has 0 saturated carbocycles. The van der Waals surface area contributed by atoms with E-state index in [0.29, 0.717) is 0 Å². The monoisotopic (exact) mass is 337 g/mol. The van der Waals surface area contributed by atoms with Crippen LogP contribution in [0.5, 0.6) is 0 Å². The summed E-state index contributed by atoms with van der Waals surface area (Å²) in [6.45, 7) is 0.936. The Morgan fingerprint density at radius 3 is 2.15 bits per heavy atom. The van der Waals surface area contributed by atoms with Crippen molar-refractivity contribution < 1.29 is 31.1 Å². The Hall–Kier alpha value is -1.09. The fourth-order valence-electron chi connectivity index (χ4n) is 1.35. The molecule has 1 N–H and O–H groups in total. The molecule has 0 aliphatic rings. The fraction of sp³-hybridized carbons (Fsp3) is 0.300. The van der Waals surface area contributed by atoms with Crippen molar-refractivity contribution in [2.45, 2.75) is 23.5 Å². The Bertz CT molecular complexity index is 528. The molecule has 20 heavy (non-hydrogen) atoms. The Kier molecular flexibility index (Phi) is 4.86. The third kappa shape index (κ3) is 4.48. The average molecular weight is 338 g/mol. The minimum absolute atomic E-state index is 0.700. The van der Waals surface area contributed by atoms with Crippen LogP contribution in [0.2, 0.25) is 5.02 Å². The zero-order valence-corrected chi connectivity index (χ0v) is 11.2. The van der Waals surface area contributed by atoms with Crippen LogP contribution in [-0.4, -0.2) is 11.4 Å². The number of benzene rings is 1. The van der Waals surface area contributed by atoms with Gasteiger partial charge in [0, 0.05) is 11.8 Å². The van der Waals surface area contributed by atoms with Gasteiger partial charge in [-0.25, -0.2) is 0 Å². The van der Waals surface area contributed by atoms with Crippen LogP contribution in [0.1, 0.15) is 12.5 Å². The van der Waals surface area contributed by atoms with Crippen LogP contribution >= 0.6 is 23.4 Å². The lowest BCUT2D eigenvalue weighted by Crippen LogP contribution is -2.16. The van der Waals surface area contributed by atoms with Gasteiger partial charge in [0.05, 0.1) is 16.3 Å². The van der Waals surface area contributed by atoms with Gasteiger partial charge in [-0.1, -0.05) is 11.6 Å². The number of alkyl halides is 6. The number of carbonyl (C=O) groups is 1. The van der Waals surface area contributed by atoms with Gasteiger partial charge in [-0.3, -0.25) is 4.79 Å². The summed E-state index contributed by atoms with van der Waals surface area (Å²) in [6.07, 6.45) is -5.10. The molecule has 0 saturated heterocycles. The number of halogens is 7. The molecule has 0 atom stereocenters. The molecular weight excluding hydrogens is 332 g/mol. The van der Waals surface area contributed by atoms with Crippen molar-refractivity contribution in [2.24, 2.45) is 0 Å². The van der Waals surface area contributed by atoms with Gasteiger partial charge in [-0.05, 0) is 23.9 Å². The molecule has 112 valence electrons. The van der Waals surface area contributed by atoms with Gasteiger partial charge in [0.2, 0.25) is 5.91 Å². The molecule has 0 fully saturated rings. The van der Waals surface area contributed by atoms with Gasteiger partial charge in [0.25, 0.3) is 0 Å². The molecule has 0 radical (unpaired) electrons. The van der Waals surface area contributed by atoms with Crippen molar-refractivity contribution in [2.75, 3.05) is 5.32 Å². The molecule has 0 unspecified atom stereocenters. The average Bonchev–Trinajstić information content (AvgIpc) is 2.18. The Morgan fingerprint density at radius 1 is 1.20 bits per heavy atom. The van der Waals surface area contributed by atoms with Crippen molar-refractivity contribution in [3.8, 4) is 0 Å². The molecule has 0 bridgehead atoms. The maximum absolute atomic E-state index is 12.9. The van der Waals surface area contributed by atoms with E-state index in [1.807, 2.05) is 5.32 Å². The zero-order chi connectivity index (χ0) is 15.7. The lowest BCUT2D eigenvalue weighted by molar-refractivity contribution is -0.139. The SMILES string of the molecule is CC(=O)Nc1ccc(Cl)c(SC(F)(F)F)c1C(F)(F)F. The second-order valence-electron chi connectivity index (χ2n) is 3.53. The molecule has 0 spiro atoms. The number of amides is 1. The van der Waals surface area contributed by atoms with Gasteiger partial charge < -0.3 is 5.32 Å². The highest BCUT2D eigenvalue weighted by molar-refractivity contribution is 8.00. The van der Waals surface area contributed by atoms with Gasteiger partial charge in [-0.2, -0.15) is 26.3 Å². The van der Waals surface area contributed by atoms with Crippen molar-refractivity contribution in [3.63, 3.8) is 0 Å². The van der Waals surface area contributed by atoms with E-state index in [2.05, 4.69) is 0 Å². The predicted molar refractivity (Wildman–Crippen MR) is 62.7 cm³/mol. The Balaban J connectivity index is 3.50. The van der Waals surface area contributed by atoms with Crippen LogP contribution in [0.15, 0.2) is 17.0 Å². The van der Waals surface area contributed by atoms with Gasteiger partial charge in [0.1, 0.15) is 0 Å². The highest BCUT2D eigenvalue weighted by Crippen LogP contribution is 2.49. The lowest BCUT2D eigenvalue weighted by Gasteiger charge is -2.19. The van der Waals surface area contributed by atoms with Gasteiger partial charge in [0.15, 0.2) is 0 Å². The van der Waals surface area contributed by atoms with Crippen LogP contribution in [0, 0.1) is 0 Å². The quantitative estimate of drug-likeness (QED) is 0.612. The van der Waals surface area contributed by atoms with E-state index in [1.54, 1.807) is 0 Å². The van der Waals surface area contributed by atoms with Gasteiger partial charge >= 0.3 is 11.7 Å². The molecule has 0 heterocycles. The maximum Gasteiger partial charge on any atom is 0.446 e. The standard InChI is InChI=1S/C10H6ClF6NOS/c1-4(19)18-6-3-2-5(11)8(20-10(15,16)17)7(6)9(12,13)14/h2-3H,1H3,(H,18,19). The van der Waals surface area contributed by atoms with Crippen molar-refractivity contribution in [1.29, 1.82) is 0 Å². The first-order valence-electron chi connectivity index (χ1n) is 4.85. The van der Waals surface area contributed by atoms with E-state index in [9.17, 15) is 31.1 Å². The summed E-state index contributed by atoms with van der Waals surface area (Å²) in [6, 6.07) is 1.66. The molecule has 0 aliphatic heterocycles. The number of anilines is 1. The van der Waals surface area contributed by atoms with Crippen LogP contribution in [0.4, 0.5) is 32.0 Å². The third-order valence-electron chi connectivity index (χ3n) is 1.92. The van der Waals surface area contributed by atoms with E-state index >= 15 is 0 Å². The van der Waals surface area contributed by atoms with E-state index in [1.165, 1.54) is 0 Å². The summed E-state index contributed by atoms with van der Waals surface area (Å²) in [5, 5.41) is 1.13. The second-order valence-corrected chi connectivity index (χ2v) is 5.01. The lowest BCUT2D eigenvalue weighted by atomic mass is 10.1. The molecule has 0 aromatic heterocycles. The molecule has 0 aliphatic carbocycles. The van der Waals surface area contributed by atoms with Crippen molar-refractivity contribution >= 4 is 35.0 Å². The smallest absolute Gasteiger partial charge is 0.326 e. The van der Waals surface area contributed by atoms with Crippen molar-refractivity contribution in [3.05, 3.63) is 22.7 Å². The Morgan fingerprint density at radius 2 is 1.75 bits per heavy atom. The molecular formula is C10H6ClF6NOS. The summed E-state index contributed by atoms with van der Waals surface area (Å²) in [5.41, 5.74) is -7.35. The minimum atomic E-state index is -5.10. The molecule has 10 heteroatoms. The zero-order valence-electron chi connectivity index (χ0n) is 9.62. The van der Waals surface area contributed by atoms with Crippen LogP contribution in [-0.2, 0) is 11.0 Å². The first-order chi connectivity index (χ1) is 8.92. The first kappa shape index (κ1) is 17.0. The summed E-state index contributed by atoms with van der Waals surface area (Å²) in [5.74, 6) is -0.846. The normalized spacial score (nSPS) is 12.4. The number of thioether (sulfide) groups is 1. The Labute approximate surface area is 118 Å². The largest absolute Gasteiger partial charge is 0.446 e. The summed E-state index contributed by atoms with van der Waals surface area (Å²) in [7, 11) is 0. The van der Waals surface area contributed by atoms with Crippen molar-refractivity contribution in [1.82, 2.24) is 0 Å². The number of hydrogen-bond donors (Lipinski definition) is 1. The highest BCUT2D eigenvalue weighted by Gasteiger charge is 2.41. The third-order valence-corrected chi connectivity index (χ3v) is 3.21. The molecule has 1 rings (SSSR count). The molecule has 1 aromatic rings. The second kappa shape index (κ2) is 5.72. The number of nitrogens with one attached hydrogen (secondary N) is 1. The number of hydrogen-bond acceptors (Lipinski definition) is 2. The van der Waals surface area contributed by atoms with E-state index in [4.69, 9.17) is 11.6 Å². The minimum Gasteiger partial charge on any atom is -0.326 e. The number of carbonyl (C=O) groups excluding carboxylic acids is 1. The molecule has 1 amide bonds. The summed E-state index contributed by atoms with van der Waals surface area (Å²) in [4.78, 5) is 9.64. The summed E-state index contributed by atoms with van der Waals surface area (Å²) >= 11 is 4.44. The highest BCUT2D eigenvalue weighted by atomic mass is 35.5. The fourth-order valence-corrected chi connectivity index (χ4v) is 2.35.